The molecule has 1 atom stereocenters. The van der Waals surface area contributed by atoms with Crippen LogP contribution in [0.3, 0.4) is 0 Å². The van der Waals surface area contributed by atoms with Crippen molar-refractivity contribution in [3.8, 4) is 17.2 Å². The maximum absolute atomic E-state index is 5.68. The highest BCUT2D eigenvalue weighted by atomic mass is 16.7. The first-order chi connectivity index (χ1) is 11.3. The quantitative estimate of drug-likeness (QED) is 0.939. The summed E-state index contributed by atoms with van der Waals surface area (Å²) in [5, 5.41) is 3.49. The van der Waals surface area contributed by atoms with E-state index in [1.54, 1.807) is 13.3 Å². The maximum Gasteiger partial charge on any atom is 0.231 e. The summed E-state index contributed by atoms with van der Waals surface area (Å²) in [6, 6.07) is 7.90. The number of hydrogen-bond acceptors (Lipinski definition) is 6. The number of fused-ring (bicyclic) bond motifs is 2. The first-order valence-electron chi connectivity index (χ1n) is 7.65. The third-order valence-electron chi connectivity index (χ3n) is 4.35. The van der Waals surface area contributed by atoms with E-state index in [1.807, 2.05) is 18.2 Å². The van der Waals surface area contributed by atoms with Crippen LogP contribution in [0.5, 0.6) is 17.2 Å². The van der Waals surface area contributed by atoms with E-state index < -0.39 is 0 Å². The van der Waals surface area contributed by atoms with Crippen LogP contribution in [-0.4, -0.2) is 37.4 Å². The number of hydrogen-bond donors (Lipinski definition) is 1. The Hall–Kier alpha value is -2.47. The first-order valence-corrected chi connectivity index (χ1v) is 7.65. The molecule has 0 radical (unpaired) electrons. The molecule has 1 N–H and O–H groups in total. The van der Waals surface area contributed by atoms with Gasteiger partial charge in [-0.2, -0.15) is 0 Å². The monoisotopic (exact) mass is 313 g/mol. The Balaban J connectivity index is 1.80. The molecule has 2 aromatic rings. The van der Waals surface area contributed by atoms with Gasteiger partial charge in [-0.1, -0.05) is 6.07 Å². The van der Waals surface area contributed by atoms with Gasteiger partial charge in [0, 0.05) is 18.3 Å². The average Bonchev–Trinajstić information content (AvgIpc) is 3.04. The molecule has 1 aromatic heterocycles. The summed E-state index contributed by atoms with van der Waals surface area (Å²) in [6.45, 7) is 1.18. The predicted octanol–water partition coefficient (Wildman–Crippen LogP) is 2.42. The van der Waals surface area contributed by atoms with E-state index in [-0.39, 0.29) is 13.0 Å². The number of anilines is 1. The zero-order valence-corrected chi connectivity index (χ0v) is 13.2. The number of benzene rings is 1. The molecule has 0 bridgehead atoms. The van der Waals surface area contributed by atoms with Crippen molar-refractivity contribution in [2.75, 3.05) is 32.8 Å². The van der Waals surface area contributed by atoms with Crippen LogP contribution in [0.25, 0.3) is 0 Å². The molecule has 0 saturated heterocycles. The summed E-state index contributed by atoms with van der Waals surface area (Å²) < 4.78 is 16.8. The Morgan fingerprint density at radius 1 is 1.35 bits per heavy atom. The van der Waals surface area contributed by atoms with Crippen molar-refractivity contribution in [1.82, 2.24) is 9.88 Å². The zero-order chi connectivity index (χ0) is 15.8. The highest BCUT2D eigenvalue weighted by Gasteiger charge is 2.34. The molecule has 6 nitrogen and oxygen atoms in total. The molecule has 23 heavy (non-hydrogen) atoms. The van der Waals surface area contributed by atoms with E-state index in [9.17, 15) is 0 Å². The van der Waals surface area contributed by atoms with Gasteiger partial charge in [0.25, 0.3) is 0 Å². The fourth-order valence-corrected chi connectivity index (χ4v) is 3.20. The van der Waals surface area contributed by atoms with E-state index in [0.717, 1.165) is 35.8 Å². The summed E-state index contributed by atoms with van der Waals surface area (Å²) in [5.41, 5.74) is 2.31. The SMILES string of the molecule is COc1c2c(cc3c1C(Nc1ccccn1)N(C)CC3)OCO2. The average molecular weight is 313 g/mol. The number of likely N-dealkylation sites (N-methyl/N-ethyl adjacent to an activating group) is 1. The molecule has 1 unspecified atom stereocenters. The summed E-state index contributed by atoms with van der Waals surface area (Å²) >= 11 is 0. The molecule has 1 aromatic carbocycles. The number of rotatable bonds is 3. The van der Waals surface area contributed by atoms with Gasteiger partial charge in [0.05, 0.1) is 7.11 Å². The fraction of sp³-hybridized carbons (Fsp3) is 0.353. The lowest BCUT2D eigenvalue weighted by molar-refractivity contribution is 0.170. The van der Waals surface area contributed by atoms with Crippen LogP contribution in [0, 0.1) is 0 Å². The van der Waals surface area contributed by atoms with Gasteiger partial charge in [-0.05, 0) is 37.2 Å². The van der Waals surface area contributed by atoms with E-state index in [1.165, 1.54) is 5.56 Å². The zero-order valence-electron chi connectivity index (χ0n) is 13.2. The normalized spacial score (nSPS) is 19.3. The number of aromatic nitrogens is 1. The molecule has 3 heterocycles. The second-order valence-electron chi connectivity index (χ2n) is 5.71. The van der Waals surface area contributed by atoms with Crippen LogP contribution in [0.1, 0.15) is 17.3 Å². The predicted molar refractivity (Wildman–Crippen MR) is 86.1 cm³/mol. The van der Waals surface area contributed by atoms with Gasteiger partial charge in [-0.25, -0.2) is 4.98 Å². The summed E-state index contributed by atoms with van der Waals surface area (Å²) in [7, 11) is 3.76. The largest absolute Gasteiger partial charge is 0.492 e. The Kier molecular flexibility index (Phi) is 3.46. The lowest BCUT2D eigenvalue weighted by atomic mass is 9.95. The molecule has 2 aliphatic rings. The van der Waals surface area contributed by atoms with Gasteiger partial charge in [-0.3, -0.25) is 4.90 Å². The molecular weight excluding hydrogens is 294 g/mol. The number of nitrogens with zero attached hydrogens (tertiary/aromatic N) is 2. The van der Waals surface area contributed by atoms with Gasteiger partial charge < -0.3 is 19.5 Å². The first kappa shape index (κ1) is 14.1. The Labute approximate surface area is 135 Å². The van der Waals surface area contributed by atoms with Crippen LogP contribution in [0.4, 0.5) is 5.82 Å². The minimum atomic E-state index is -0.0295. The number of nitrogens with one attached hydrogen (secondary N) is 1. The van der Waals surface area contributed by atoms with E-state index in [0.29, 0.717) is 5.75 Å². The molecule has 0 saturated carbocycles. The molecule has 120 valence electrons. The second kappa shape index (κ2) is 5.62. The van der Waals surface area contributed by atoms with Crippen molar-refractivity contribution in [3.05, 3.63) is 41.6 Å². The van der Waals surface area contributed by atoms with Crippen LogP contribution in [0.15, 0.2) is 30.5 Å². The smallest absolute Gasteiger partial charge is 0.231 e. The topological polar surface area (TPSA) is 55.9 Å². The lowest BCUT2D eigenvalue weighted by Gasteiger charge is -2.36. The Morgan fingerprint density at radius 3 is 3.04 bits per heavy atom. The third kappa shape index (κ3) is 2.35. The molecule has 6 heteroatoms. The molecule has 0 aliphatic carbocycles. The third-order valence-corrected chi connectivity index (χ3v) is 4.35. The van der Waals surface area contributed by atoms with E-state index in [4.69, 9.17) is 14.2 Å². The standard InChI is InChI=1S/C17H19N3O3/c1-20-8-6-11-9-12-15(23-10-22-12)16(21-2)14(11)17(20)19-13-5-3-4-7-18-13/h3-5,7,9,17H,6,8,10H2,1-2H3,(H,18,19). The van der Waals surface area contributed by atoms with Crippen LogP contribution >= 0.6 is 0 Å². The molecule has 0 fully saturated rings. The van der Waals surface area contributed by atoms with E-state index in [2.05, 4.69) is 28.3 Å². The van der Waals surface area contributed by atoms with Crippen LogP contribution < -0.4 is 19.5 Å². The molecular formula is C17H19N3O3. The van der Waals surface area contributed by atoms with Gasteiger partial charge in [0.1, 0.15) is 12.0 Å². The molecule has 2 aliphatic heterocycles. The van der Waals surface area contributed by atoms with Crippen molar-refractivity contribution >= 4 is 5.82 Å². The van der Waals surface area contributed by atoms with Crippen molar-refractivity contribution in [1.29, 1.82) is 0 Å². The van der Waals surface area contributed by atoms with Gasteiger partial charge in [0.15, 0.2) is 11.5 Å². The highest BCUT2D eigenvalue weighted by Crippen LogP contribution is 2.49. The fourth-order valence-electron chi connectivity index (χ4n) is 3.20. The van der Waals surface area contributed by atoms with Crippen molar-refractivity contribution in [2.24, 2.45) is 0 Å². The molecule has 4 rings (SSSR count). The van der Waals surface area contributed by atoms with Crippen molar-refractivity contribution in [2.45, 2.75) is 12.6 Å². The number of methoxy groups -OCH3 is 1. The minimum Gasteiger partial charge on any atom is -0.492 e. The Bertz CT molecular complexity index is 721. The van der Waals surface area contributed by atoms with Gasteiger partial charge in [0.2, 0.25) is 12.5 Å². The molecule has 0 amide bonds. The lowest BCUT2D eigenvalue weighted by Crippen LogP contribution is -2.37. The number of ether oxygens (including phenoxy) is 3. The van der Waals surface area contributed by atoms with Crippen LogP contribution in [-0.2, 0) is 6.42 Å². The number of pyridine rings is 1. The summed E-state index contributed by atoms with van der Waals surface area (Å²) in [6.07, 6.45) is 2.69. The van der Waals surface area contributed by atoms with Crippen molar-refractivity contribution < 1.29 is 14.2 Å². The highest BCUT2D eigenvalue weighted by molar-refractivity contribution is 5.62. The van der Waals surface area contributed by atoms with Gasteiger partial charge >= 0.3 is 0 Å². The van der Waals surface area contributed by atoms with Crippen LogP contribution in [0.2, 0.25) is 0 Å². The molecule has 0 spiro atoms. The Morgan fingerprint density at radius 2 is 2.26 bits per heavy atom. The summed E-state index contributed by atoms with van der Waals surface area (Å²) in [4.78, 5) is 6.63. The maximum atomic E-state index is 5.68. The second-order valence-corrected chi connectivity index (χ2v) is 5.71. The minimum absolute atomic E-state index is 0.0295. The van der Waals surface area contributed by atoms with E-state index >= 15 is 0 Å². The van der Waals surface area contributed by atoms with Crippen molar-refractivity contribution in [3.63, 3.8) is 0 Å². The van der Waals surface area contributed by atoms with Gasteiger partial charge in [-0.15, -0.1) is 0 Å². The summed E-state index contributed by atoms with van der Waals surface area (Å²) in [5.74, 6) is 3.03.